The first kappa shape index (κ1) is 10.2. The van der Waals surface area contributed by atoms with E-state index in [1.807, 2.05) is 6.92 Å². The normalized spacial score (nSPS) is 7.57. The Bertz CT molecular complexity index is 44.2. The van der Waals surface area contributed by atoms with Crippen LogP contribution in [0.15, 0.2) is 0 Å². The van der Waals surface area contributed by atoms with Gasteiger partial charge in [0, 0.05) is 0 Å². The van der Waals surface area contributed by atoms with Crippen LogP contribution in [0, 0.1) is 0 Å². The lowest BCUT2D eigenvalue weighted by Gasteiger charge is -1.61. The van der Waals surface area contributed by atoms with Crippen LogP contribution in [0.25, 0.3) is 0 Å². The molecular weight excluding hydrogens is 117 g/mol. The first-order valence-corrected chi connectivity index (χ1v) is 3.07. The second-order valence-corrected chi connectivity index (χ2v) is 1.26. The first-order valence-electron chi connectivity index (χ1n) is 1.77. The van der Waals surface area contributed by atoms with Crippen molar-refractivity contribution in [3.8, 4) is 0 Å². The summed E-state index contributed by atoms with van der Waals surface area (Å²) in [6.45, 7) is 2.65. The molecule has 0 spiro atoms. The monoisotopic (exact) mass is 127 g/mol. The molecule has 0 amide bonds. The third-order valence-corrected chi connectivity index (χ3v) is 0. The quantitative estimate of drug-likeness (QED) is 0.376. The first-order chi connectivity index (χ1) is 3.15. The van der Waals surface area contributed by atoms with Gasteiger partial charge in [0.05, 0.1) is 0 Å². The summed E-state index contributed by atoms with van der Waals surface area (Å²) >= 11 is 0. The fraction of sp³-hybridized carbons (Fsp3) is 1.00. The number of nitrogens with two attached hydrogens (primary N) is 1. The van der Waals surface area contributed by atoms with Crippen LogP contribution in [0.2, 0.25) is 0 Å². The Morgan fingerprint density at radius 3 is 1.71 bits per heavy atom. The summed E-state index contributed by atoms with van der Waals surface area (Å²) in [6.07, 6.45) is 0. The van der Waals surface area contributed by atoms with Crippen LogP contribution in [-0.4, -0.2) is 16.3 Å². The van der Waals surface area contributed by atoms with E-state index in [1.165, 1.54) is 0 Å². The standard InChI is InChI=1S/C2H7N.H3O3P/c1-2-3;1-4(2)3/h2-3H2,1H3;4H,(H2,1,2,3). The highest BCUT2D eigenvalue weighted by Gasteiger charge is 1.61. The fourth-order valence-electron chi connectivity index (χ4n) is 0. The van der Waals surface area contributed by atoms with Gasteiger partial charge in [0.2, 0.25) is 0 Å². The van der Waals surface area contributed by atoms with Crippen molar-refractivity contribution in [2.45, 2.75) is 6.92 Å². The Balaban J connectivity index is 0. The van der Waals surface area contributed by atoms with Gasteiger partial charge in [-0.05, 0) is 6.54 Å². The van der Waals surface area contributed by atoms with E-state index in [2.05, 4.69) is 0 Å². The van der Waals surface area contributed by atoms with Crippen LogP contribution < -0.4 is 5.73 Å². The van der Waals surface area contributed by atoms with Crippen molar-refractivity contribution >= 4 is 8.25 Å². The number of hydrogen-bond donors (Lipinski definition) is 3. The molecule has 0 saturated heterocycles. The van der Waals surface area contributed by atoms with Crippen LogP contribution in [0.3, 0.4) is 0 Å². The summed E-state index contributed by atoms with van der Waals surface area (Å²) in [7, 11) is -3.13. The average molecular weight is 127 g/mol. The molecule has 5 heteroatoms. The third kappa shape index (κ3) is 8530. The minimum atomic E-state index is -3.13. The van der Waals surface area contributed by atoms with Gasteiger partial charge in [0.1, 0.15) is 0 Å². The molecule has 0 bridgehead atoms. The van der Waals surface area contributed by atoms with Gasteiger partial charge in [-0.15, -0.1) is 0 Å². The molecule has 0 saturated carbocycles. The summed E-state index contributed by atoms with van der Waals surface area (Å²) in [6, 6.07) is 0. The van der Waals surface area contributed by atoms with Crippen LogP contribution >= 0.6 is 8.25 Å². The van der Waals surface area contributed by atoms with Crippen LogP contribution in [0.4, 0.5) is 0 Å². The molecule has 4 N–H and O–H groups in total. The summed E-state index contributed by atoms with van der Waals surface area (Å²) < 4.78 is 8.74. The lowest BCUT2D eigenvalue weighted by Crippen LogP contribution is -1.87. The smallest absolute Gasteiger partial charge is 0.314 e. The van der Waals surface area contributed by atoms with Crippen molar-refractivity contribution in [2.75, 3.05) is 6.54 Å². The SMILES string of the molecule is CCN.O=[PH](O)O. The second kappa shape index (κ2) is 9.44. The zero-order chi connectivity index (χ0) is 6.28. The molecule has 0 aliphatic rings. The lowest BCUT2D eigenvalue weighted by atomic mass is 10.8. The molecule has 0 aromatic rings. The molecule has 0 rings (SSSR count). The van der Waals surface area contributed by atoms with E-state index in [4.69, 9.17) is 20.1 Å². The van der Waals surface area contributed by atoms with Gasteiger partial charge in [-0.25, -0.2) is 0 Å². The van der Waals surface area contributed by atoms with Crippen molar-refractivity contribution in [3.63, 3.8) is 0 Å². The zero-order valence-electron chi connectivity index (χ0n) is 4.09. The van der Waals surface area contributed by atoms with E-state index in [0.29, 0.717) is 0 Å². The van der Waals surface area contributed by atoms with E-state index >= 15 is 0 Å². The van der Waals surface area contributed by atoms with Gasteiger partial charge in [-0.2, -0.15) is 0 Å². The van der Waals surface area contributed by atoms with Gasteiger partial charge >= 0.3 is 8.25 Å². The second-order valence-electron chi connectivity index (χ2n) is 0.691. The van der Waals surface area contributed by atoms with E-state index in [-0.39, 0.29) is 0 Å². The largest absolute Gasteiger partial charge is 0.331 e. The maximum atomic E-state index is 8.74. The van der Waals surface area contributed by atoms with Gasteiger partial charge in [0.15, 0.2) is 0 Å². The third-order valence-electron chi connectivity index (χ3n) is 0. The van der Waals surface area contributed by atoms with E-state index in [1.54, 1.807) is 0 Å². The molecule has 0 aromatic heterocycles. The Morgan fingerprint density at radius 2 is 1.71 bits per heavy atom. The maximum Gasteiger partial charge on any atom is 0.314 e. The van der Waals surface area contributed by atoms with Gasteiger partial charge in [-0.1, -0.05) is 6.92 Å². The summed E-state index contributed by atoms with van der Waals surface area (Å²) in [4.78, 5) is 14.3. The molecule has 7 heavy (non-hydrogen) atoms. The molecule has 0 unspecified atom stereocenters. The van der Waals surface area contributed by atoms with Gasteiger partial charge in [-0.3, -0.25) is 4.57 Å². The topological polar surface area (TPSA) is 83.6 Å². The molecule has 0 aliphatic carbocycles. The zero-order valence-corrected chi connectivity index (χ0v) is 5.09. The fourth-order valence-corrected chi connectivity index (χ4v) is 0. The minimum Gasteiger partial charge on any atom is -0.331 e. The lowest BCUT2D eigenvalue weighted by molar-refractivity contribution is 0.405. The van der Waals surface area contributed by atoms with Crippen molar-refractivity contribution in [2.24, 2.45) is 5.73 Å². The van der Waals surface area contributed by atoms with Crippen LogP contribution in [0.5, 0.6) is 0 Å². The van der Waals surface area contributed by atoms with E-state index in [9.17, 15) is 0 Å². The van der Waals surface area contributed by atoms with Gasteiger partial charge in [0.25, 0.3) is 0 Å². The molecule has 0 atom stereocenters. The molecule has 4 nitrogen and oxygen atoms in total. The van der Waals surface area contributed by atoms with Gasteiger partial charge < -0.3 is 15.5 Å². The van der Waals surface area contributed by atoms with Crippen molar-refractivity contribution in [1.82, 2.24) is 0 Å². The molecule has 0 aliphatic heterocycles. The Labute approximate surface area is 42.9 Å². The number of hydrogen-bond acceptors (Lipinski definition) is 2. The van der Waals surface area contributed by atoms with E-state index in [0.717, 1.165) is 6.54 Å². The highest BCUT2D eigenvalue weighted by atomic mass is 31.1. The average Bonchev–Trinajstić information content (AvgIpc) is 1.33. The highest BCUT2D eigenvalue weighted by Crippen LogP contribution is 1.98. The molecule has 0 radical (unpaired) electrons. The Morgan fingerprint density at radius 1 is 1.71 bits per heavy atom. The molecule has 0 fully saturated rings. The highest BCUT2D eigenvalue weighted by molar-refractivity contribution is 7.30. The molecule has 0 heterocycles. The van der Waals surface area contributed by atoms with Crippen molar-refractivity contribution < 1.29 is 14.4 Å². The van der Waals surface area contributed by atoms with Crippen LogP contribution in [0.1, 0.15) is 6.92 Å². The van der Waals surface area contributed by atoms with E-state index < -0.39 is 8.25 Å². The predicted octanol–water partition coefficient (Wildman–Crippen LogP) is -0.674. The molecule has 46 valence electrons. The van der Waals surface area contributed by atoms with Crippen molar-refractivity contribution in [1.29, 1.82) is 0 Å². The number of rotatable bonds is 0. The van der Waals surface area contributed by atoms with Crippen molar-refractivity contribution in [3.05, 3.63) is 0 Å². The minimum absolute atomic E-state index is 0.750. The summed E-state index contributed by atoms with van der Waals surface area (Å²) in [5.41, 5.74) is 4.85. The van der Waals surface area contributed by atoms with Crippen LogP contribution in [-0.2, 0) is 4.57 Å². The maximum absolute atomic E-state index is 8.74. The Kier molecular flexibility index (Phi) is 13.7. The molecule has 0 aromatic carbocycles. The predicted molar refractivity (Wildman–Crippen MR) is 28.2 cm³/mol. The summed E-state index contributed by atoms with van der Waals surface area (Å²) in [5.74, 6) is 0. The molecular formula is C2H10NO3P. The Hall–Kier alpha value is 0.110. The summed E-state index contributed by atoms with van der Waals surface area (Å²) in [5, 5.41) is 0.